The Kier molecular flexibility index (Phi) is 1.82. The lowest BCUT2D eigenvalue weighted by molar-refractivity contribution is -0.119. The molecule has 0 spiro atoms. The molecule has 1 amide bonds. The first-order valence-electron chi connectivity index (χ1n) is 5.62. The third-order valence-electron chi connectivity index (χ3n) is 3.83. The summed E-state index contributed by atoms with van der Waals surface area (Å²) in [5, 5.41) is 3.01. The number of hydrogen-bond acceptors (Lipinski definition) is 2. The van der Waals surface area contributed by atoms with Crippen molar-refractivity contribution in [2.24, 2.45) is 11.3 Å². The lowest BCUT2D eigenvalue weighted by Crippen LogP contribution is -2.18. The van der Waals surface area contributed by atoms with Crippen LogP contribution in [0.4, 0.5) is 5.69 Å². The van der Waals surface area contributed by atoms with Gasteiger partial charge in [0.15, 0.2) is 0 Å². The number of nitrogens with one attached hydrogen (secondary N) is 1. The number of ether oxygens (including phenoxy) is 1. The van der Waals surface area contributed by atoms with E-state index in [1.165, 1.54) is 0 Å². The quantitative estimate of drug-likeness (QED) is 0.844. The van der Waals surface area contributed by atoms with Crippen LogP contribution in [0.1, 0.15) is 18.4 Å². The smallest absolute Gasteiger partial charge is 0.230 e. The number of benzene rings is 1. The van der Waals surface area contributed by atoms with Gasteiger partial charge in [-0.15, -0.1) is 0 Å². The van der Waals surface area contributed by atoms with Crippen LogP contribution in [0.3, 0.4) is 0 Å². The number of carbonyl (C=O) groups excluding carboxylic acids is 1. The summed E-state index contributed by atoms with van der Waals surface area (Å²) in [7, 11) is 1.63. The van der Waals surface area contributed by atoms with E-state index >= 15 is 0 Å². The van der Waals surface area contributed by atoms with Crippen LogP contribution in [0.5, 0.6) is 5.75 Å². The Labute approximate surface area is 94.8 Å². The number of fused-ring (bicyclic) bond motifs is 1. The molecule has 84 valence electrons. The largest absolute Gasteiger partial charge is 0.497 e. The summed E-state index contributed by atoms with van der Waals surface area (Å²) in [5.41, 5.74) is 1.97. The second-order valence-corrected chi connectivity index (χ2v) is 4.90. The fourth-order valence-corrected chi connectivity index (χ4v) is 2.18. The molecule has 2 fully saturated rings. The van der Waals surface area contributed by atoms with E-state index in [4.69, 9.17) is 4.74 Å². The molecule has 0 bridgehead atoms. The highest BCUT2D eigenvalue weighted by atomic mass is 16.5. The lowest BCUT2D eigenvalue weighted by Gasteiger charge is -2.11. The van der Waals surface area contributed by atoms with Crippen LogP contribution in [-0.4, -0.2) is 13.0 Å². The highest BCUT2D eigenvalue weighted by Gasteiger charge is 2.74. The fraction of sp³-hybridized carbons (Fsp3) is 0.462. The summed E-state index contributed by atoms with van der Waals surface area (Å²) in [6, 6.07) is 5.74. The molecule has 3 rings (SSSR count). The molecular formula is C13H15NO2. The Bertz CT molecular complexity index is 461. The van der Waals surface area contributed by atoms with Crippen LogP contribution < -0.4 is 10.1 Å². The Morgan fingerprint density at radius 1 is 1.50 bits per heavy atom. The van der Waals surface area contributed by atoms with Crippen molar-refractivity contribution in [3.8, 4) is 5.75 Å². The molecule has 0 unspecified atom stereocenters. The molecule has 2 aliphatic carbocycles. The molecule has 2 saturated carbocycles. The Morgan fingerprint density at radius 2 is 2.19 bits per heavy atom. The van der Waals surface area contributed by atoms with Gasteiger partial charge in [-0.25, -0.2) is 0 Å². The van der Waals surface area contributed by atoms with Gasteiger partial charge in [-0.2, -0.15) is 0 Å². The van der Waals surface area contributed by atoms with E-state index in [9.17, 15) is 4.79 Å². The Hall–Kier alpha value is -1.51. The van der Waals surface area contributed by atoms with Gasteiger partial charge in [-0.3, -0.25) is 4.79 Å². The van der Waals surface area contributed by atoms with Gasteiger partial charge in [0.2, 0.25) is 5.91 Å². The maximum Gasteiger partial charge on any atom is 0.230 e. The monoisotopic (exact) mass is 217 g/mol. The number of rotatable bonds is 3. The van der Waals surface area contributed by atoms with Gasteiger partial charge < -0.3 is 10.1 Å². The predicted octanol–water partition coefficient (Wildman–Crippen LogP) is 2.35. The number of aryl methyl sites for hydroxylation is 1. The zero-order valence-corrected chi connectivity index (χ0v) is 9.54. The molecule has 0 saturated heterocycles. The maximum atomic E-state index is 11.9. The average Bonchev–Trinajstić information content (AvgIpc) is 3.09. The van der Waals surface area contributed by atoms with Crippen LogP contribution in [0.15, 0.2) is 18.2 Å². The van der Waals surface area contributed by atoms with Crippen molar-refractivity contribution in [1.82, 2.24) is 0 Å². The average molecular weight is 217 g/mol. The molecule has 1 aromatic rings. The Balaban J connectivity index is 1.80. The summed E-state index contributed by atoms with van der Waals surface area (Å²) in [5.74, 6) is 1.65. The number of amides is 1. The zero-order valence-electron chi connectivity index (χ0n) is 9.54. The number of hydrogen-bond donors (Lipinski definition) is 1. The lowest BCUT2D eigenvalue weighted by atomic mass is 10.1. The molecule has 2 aliphatic rings. The molecule has 16 heavy (non-hydrogen) atoms. The zero-order chi connectivity index (χ0) is 11.3. The van der Waals surface area contributed by atoms with Gasteiger partial charge >= 0.3 is 0 Å². The summed E-state index contributed by atoms with van der Waals surface area (Å²) < 4.78 is 5.15. The summed E-state index contributed by atoms with van der Waals surface area (Å²) in [6.45, 7) is 1.99. The minimum absolute atomic E-state index is 0.0233. The summed E-state index contributed by atoms with van der Waals surface area (Å²) >= 11 is 0. The number of anilines is 1. The first-order chi connectivity index (χ1) is 7.65. The van der Waals surface area contributed by atoms with Crippen LogP contribution in [-0.2, 0) is 4.79 Å². The van der Waals surface area contributed by atoms with Gasteiger partial charge in [0.25, 0.3) is 0 Å². The van der Waals surface area contributed by atoms with E-state index in [0.29, 0.717) is 5.92 Å². The van der Waals surface area contributed by atoms with Gasteiger partial charge in [0.1, 0.15) is 5.75 Å². The summed E-state index contributed by atoms with van der Waals surface area (Å²) in [6.07, 6.45) is 2.17. The van der Waals surface area contributed by atoms with E-state index in [-0.39, 0.29) is 11.3 Å². The second kappa shape index (κ2) is 3.00. The molecule has 3 nitrogen and oxygen atoms in total. The normalized spacial score (nSPS) is 29.2. The number of carbonyl (C=O) groups is 1. The van der Waals surface area contributed by atoms with Crippen LogP contribution in [0, 0.1) is 18.3 Å². The van der Waals surface area contributed by atoms with Crippen molar-refractivity contribution < 1.29 is 9.53 Å². The van der Waals surface area contributed by atoms with E-state index in [0.717, 1.165) is 29.8 Å². The molecule has 3 heteroatoms. The third-order valence-corrected chi connectivity index (χ3v) is 3.83. The molecule has 0 aliphatic heterocycles. The van der Waals surface area contributed by atoms with Gasteiger partial charge in [-0.05, 0) is 37.3 Å². The highest BCUT2D eigenvalue weighted by molar-refractivity contribution is 6.01. The third kappa shape index (κ3) is 1.31. The molecule has 1 aromatic carbocycles. The molecule has 0 atom stereocenters. The first-order valence-corrected chi connectivity index (χ1v) is 5.62. The van der Waals surface area contributed by atoms with Crippen molar-refractivity contribution in [3.05, 3.63) is 23.8 Å². The van der Waals surface area contributed by atoms with Crippen LogP contribution in [0.2, 0.25) is 0 Å². The molecule has 0 aromatic heterocycles. The SMILES string of the molecule is COc1ccc(C)c(NC(=O)C23CC2C3)c1. The van der Waals surface area contributed by atoms with Crippen LogP contribution in [0.25, 0.3) is 0 Å². The molecule has 1 N–H and O–H groups in total. The van der Waals surface area contributed by atoms with E-state index in [1.54, 1.807) is 7.11 Å². The van der Waals surface area contributed by atoms with Crippen molar-refractivity contribution in [2.45, 2.75) is 19.8 Å². The fourth-order valence-electron chi connectivity index (χ4n) is 2.18. The van der Waals surface area contributed by atoms with Crippen molar-refractivity contribution in [1.29, 1.82) is 0 Å². The van der Waals surface area contributed by atoms with Gasteiger partial charge in [-0.1, -0.05) is 6.07 Å². The van der Waals surface area contributed by atoms with Crippen molar-refractivity contribution >= 4 is 11.6 Å². The van der Waals surface area contributed by atoms with Gasteiger partial charge in [0, 0.05) is 11.8 Å². The highest BCUT2D eigenvalue weighted by Crippen LogP contribution is 2.75. The first kappa shape index (κ1) is 9.70. The molecule has 0 heterocycles. The van der Waals surface area contributed by atoms with E-state index in [1.807, 2.05) is 25.1 Å². The standard InChI is InChI=1S/C13H15NO2/c1-8-3-4-10(16-2)5-11(8)14-12(15)13-6-9(13)7-13/h3-5,9H,6-7H2,1-2H3,(H,14,15). The van der Waals surface area contributed by atoms with Crippen LogP contribution >= 0.6 is 0 Å². The van der Waals surface area contributed by atoms with Crippen molar-refractivity contribution in [2.75, 3.05) is 12.4 Å². The number of methoxy groups -OCH3 is 1. The minimum Gasteiger partial charge on any atom is -0.497 e. The predicted molar refractivity (Wildman–Crippen MR) is 61.5 cm³/mol. The van der Waals surface area contributed by atoms with Crippen molar-refractivity contribution in [3.63, 3.8) is 0 Å². The Morgan fingerprint density at radius 3 is 2.75 bits per heavy atom. The van der Waals surface area contributed by atoms with E-state index < -0.39 is 0 Å². The molecular weight excluding hydrogens is 202 g/mol. The topological polar surface area (TPSA) is 38.3 Å². The summed E-state index contributed by atoms with van der Waals surface area (Å²) in [4.78, 5) is 11.9. The minimum atomic E-state index is 0.0233. The second-order valence-electron chi connectivity index (χ2n) is 4.90. The van der Waals surface area contributed by atoms with Gasteiger partial charge in [0.05, 0.1) is 12.5 Å². The molecule has 0 radical (unpaired) electrons. The van der Waals surface area contributed by atoms with E-state index in [2.05, 4.69) is 5.32 Å². The maximum absolute atomic E-state index is 11.9.